The quantitative estimate of drug-likeness (QED) is 0.647. The summed E-state index contributed by atoms with van der Waals surface area (Å²) in [5, 5.41) is 7.31. The molecular formula is C10H18N4O. The van der Waals surface area contributed by atoms with Gasteiger partial charge < -0.3 is 11.1 Å². The average Bonchev–Trinajstić information content (AvgIpc) is 2.44. The van der Waals surface area contributed by atoms with Crippen LogP contribution in [0.4, 0.5) is 0 Å². The highest BCUT2D eigenvalue weighted by Crippen LogP contribution is 2.01. The zero-order valence-corrected chi connectivity index (χ0v) is 9.29. The summed E-state index contributed by atoms with van der Waals surface area (Å²) in [6.45, 7) is 5.91. The van der Waals surface area contributed by atoms with Crippen molar-refractivity contribution in [2.75, 3.05) is 13.1 Å². The van der Waals surface area contributed by atoms with Crippen molar-refractivity contribution in [2.24, 2.45) is 5.73 Å². The monoisotopic (exact) mass is 210 g/mol. The molecule has 5 heteroatoms. The van der Waals surface area contributed by atoms with E-state index in [1.165, 1.54) is 5.69 Å². The Balaban J connectivity index is 2.20. The number of hydrogen-bond acceptors (Lipinski definition) is 3. The van der Waals surface area contributed by atoms with E-state index >= 15 is 0 Å². The third-order valence-corrected chi connectivity index (χ3v) is 2.13. The molecule has 0 unspecified atom stereocenters. The number of hydrogen-bond donors (Lipinski definition) is 2. The van der Waals surface area contributed by atoms with Crippen molar-refractivity contribution in [1.82, 2.24) is 15.1 Å². The van der Waals surface area contributed by atoms with E-state index in [0.29, 0.717) is 0 Å². The molecule has 5 nitrogen and oxygen atoms in total. The minimum Gasteiger partial charge on any atom is -0.369 e. The maximum atomic E-state index is 10.4. The topological polar surface area (TPSA) is 72.9 Å². The molecule has 1 amide bonds. The summed E-state index contributed by atoms with van der Waals surface area (Å²) >= 11 is 0. The molecule has 0 aromatic carbocycles. The first-order valence-electron chi connectivity index (χ1n) is 5.09. The second-order valence-corrected chi connectivity index (χ2v) is 3.65. The first kappa shape index (κ1) is 11.7. The molecule has 0 bridgehead atoms. The Morgan fingerprint density at radius 2 is 2.33 bits per heavy atom. The van der Waals surface area contributed by atoms with E-state index in [1.54, 1.807) is 0 Å². The van der Waals surface area contributed by atoms with Gasteiger partial charge in [-0.05, 0) is 32.9 Å². The molecule has 0 radical (unpaired) electrons. The van der Waals surface area contributed by atoms with Crippen LogP contribution < -0.4 is 11.1 Å². The number of nitrogens with one attached hydrogen (secondary N) is 1. The molecule has 84 valence electrons. The van der Waals surface area contributed by atoms with Crippen LogP contribution in [0.2, 0.25) is 0 Å². The average molecular weight is 210 g/mol. The zero-order chi connectivity index (χ0) is 11.3. The molecule has 0 aliphatic rings. The molecule has 15 heavy (non-hydrogen) atoms. The Morgan fingerprint density at radius 3 is 2.87 bits per heavy atom. The fraction of sp³-hybridized carbons (Fsp3) is 0.600. The van der Waals surface area contributed by atoms with Crippen molar-refractivity contribution in [2.45, 2.75) is 26.8 Å². The van der Waals surface area contributed by atoms with Crippen molar-refractivity contribution in [1.29, 1.82) is 0 Å². The lowest BCUT2D eigenvalue weighted by Crippen LogP contribution is -2.29. The van der Waals surface area contributed by atoms with Crippen LogP contribution in [-0.4, -0.2) is 28.8 Å². The summed E-state index contributed by atoms with van der Waals surface area (Å²) in [6, 6.07) is 2.05. The van der Waals surface area contributed by atoms with Crippen LogP contribution in [0.5, 0.6) is 0 Å². The van der Waals surface area contributed by atoms with Gasteiger partial charge in [0.2, 0.25) is 5.91 Å². The number of primary amides is 1. The second kappa shape index (κ2) is 5.50. The summed E-state index contributed by atoms with van der Waals surface area (Å²) in [5.41, 5.74) is 7.20. The van der Waals surface area contributed by atoms with Crippen molar-refractivity contribution >= 4 is 5.91 Å². The van der Waals surface area contributed by atoms with Gasteiger partial charge in [0.05, 0.1) is 12.2 Å². The number of nitrogens with zero attached hydrogens (tertiary/aromatic N) is 2. The Hall–Kier alpha value is -1.36. The number of rotatable bonds is 6. The van der Waals surface area contributed by atoms with Crippen LogP contribution in [0.1, 0.15) is 17.8 Å². The minimum absolute atomic E-state index is 0.247. The summed E-state index contributed by atoms with van der Waals surface area (Å²) in [7, 11) is 0. The van der Waals surface area contributed by atoms with Crippen molar-refractivity contribution in [3.8, 4) is 0 Å². The third kappa shape index (κ3) is 4.12. The number of amides is 1. The third-order valence-electron chi connectivity index (χ3n) is 2.13. The highest BCUT2D eigenvalue weighted by Gasteiger charge is 1.99. The molecule has 0 aliphatic carbocycles. The van der Waals surface area contributed by atoms with Crippen LogP contribution >= 0.6 is 0 Å². The van der Waals surface area contributed by atoms with Gasteiger partial charge in [-0.25, -0.2) is 0 Å². The van der Waals surface area contributed by atoms with E-state index in [-0.39, 0.29) is 12.5 Å². The van der Waals surface area contributed by atoms with Crippen molar-refractivity contribution in [3.05, 3.63) is 17.5 Å². The SMILES string of the molecule is Cc1cc(C)n(CCCNCC(N)=O)n1. The first-order valence-corrected chi connectivity index (χ1v) is 5.09. The number of aromatic nitrogens is 2. The van der Waals surface area contributed by atoms with Crippen LogP contribution in [0.3, 0.4) is 0 Å². The predicted octanol–water partition coefficient (Wildman–Crippen LogP) is -0.0351. The first-order chi connectivity index (χ1) is 7.09. The number of nitrogens with two attached hydrogens (primary N) is 1. The number of carbonyl (C=O) groups is 1. The molecule has 0 atom stereocenters. The Morgan fingerprint density at radius 1 is 1.60 bits per heavy atom. The van der Waals surface area contributed by atoms with Crippen LogP contribution in [0, 0.1) is 13.8 Å². The van der Waals surface area contributed by atoms with Crippen LogP contribution in [0.15, 0.2) is 6.07 Å². The largest absolute Gasteiger partial charge is 0.369 e. The molecule has 1 aromatic heterocycles. The summed E-state index contributed by atoms with van der Waals surface area (Å²) in [5.74, 6) is -0.318. The molecule has 0 saturated heterocycles. The highest BCUT2D eigenvalue weighted by atomic mass is 16.1. The lowest BCUT2D eigenvalue weighted by atomic mass is 10.4. The van der Waals surface area contributed by atoms with Gasteiger partial charge in [-0.1, -0.05) is 0 Å². The van der Waals surface area contributed by atoms with Gasteiger partial charge >= 0.3 is 0 Å². The Kier molecular flexibility index (Phi) is 4.30. The van der Waals surface area contributed by atoms with Crippen LogP contribution in [-0.2, 0) is 11.3 Å². The van der Waals surface area contributed by atoms with Gasteiger partial charge in [0, 0.05) is 12.2 Å². The van der Waals surface area contributed by atoms with E-state index in [9.17, 15) is 4.79 Å². The fourth-order valence-electron chi connectivity index (χ4n) is 1.47. The zero-order valence-electron chi connectivity index (χ0n) is 9.29. The van der Waals surface area contributed by atoms with Gasteiger partial charge in [0.1, 0.15) is 0 Å². The maximum Gasteiger partial charge on any atom is 0.231 e. The summed E-state index contributed by atoms with van der Waals surface area (Å²) in [6.07, 6.45) is 0.940. The standard InChI is InChI=1S/C10H18N4O/c1-8-6-9(2)14(13-8)5-3-4-12-7-10(11)15/h6,12H,3-5,7H2,1-2H3,(H2,11,15). The van der Waals surface area contributed by atoms with Gasteiger partial charge in [-0.2, -0.15) is 5.10 Å². The summed E-state index contributed by atoms with van der Waals surface area (Å²) < 4.78 is 1.97. The van der Waals surface area contributed by atoms with Crippen LogP contribution in [0.25, 0.3) is 0 Å². The molecule has 0 spiro atoms. The number of carbonyl (C=O) groups excluding carboxylic acids is 1. The number of aryl methyl sites for hydroxylation is 3. The Labute approximate surface area is 89.6 Å². The smallest absolute Gasteiger partial charge is 0.231 e. The van der Waals surface area contributed by atoms with Crippen molar-refractivity contribution < 1.29 is 4.79 Å². The maximum absolute atomic E-state index is 10.4. The van der Waals surface area contributed by atoms with E-state index in [2.05, 4.69) is 16.5 Å². The van der Waals surface area contributed by atoms with E-state index < -0.39 is 0 Å². The summed E-state index contributed by atoms with van der Waals surface area (Å²) in [4.78, 5) is 10.4. The molecule has 1 rings (SSSR count). The Bertz CT molecular complexity index is 332. The van der Waals surface area contributed by atoms with Gasteiger partial charge in [0.25, 0.3) is 0 Å². The fourth-order valence-corrected chi connectivity index (χ4v) is 1.47. The molecular weight excluding hydrogens is 192 g/mol. The predicted molar refractivity (Wildman–Crippen MR) is 58.4 cm³/mol. The van der Waals surface area contributed by atoms with Gasteiger partial charge in [-0.15, -0.1) is 0 Å². The van der Waals surface area contributed by atoms with Gasteiger partial charge in [-0.3, -0.25) is 9.48 Å². The molecule has 0 saturated carbocycles. The van der Waals surface area contributed by atoms with Gasteiger partial charge in [0.15, 0.2) is 0 Å². The molecule has 3 N–H and O–H groups in total. The molecule has 0 fully saturated rings. The van der Waals surface area contributed by atoms with E-state index in [0.717, 1.165) is 25.2 Å². The normalized spacial score (nSPS) is 10.5. The highest BCUT2D eigenvalue weighted by molar-refractivity contribution is 5.75. The molecule has 0 aliphatic heterocycles. The molecule has 1 aromatic rings. The lowest BCUT2D eigenvalue weighted by molar-refractivity contribution is -0.117. The minimum atomic E-state index is -0.318. The van der Waals surface area contributed by atoms with E-state index in [1.807, 2.05) is 18.5 Å². The lowest BCUT2D eigenvalue weighted by Gasteiger charge is -2.04. The van der Waals surface area contributed by atoms with Crippen molar-refractivity contribution in [3.63, 3.8) is 0 Å². The van der Waals surface area contributed by atoms with E-state index in [4.69, 9.17) is 5.73 Å². The second-order valence-electron chi connectivity index (χ2n) is 3.65. The molecule has 1 heterocycles.